The highest BCUT2D eigenvalue weighted by molar-refractivity contribution is 6.10. The van der Waals surface area contributed by atoms with E-state index in [1.54, 1.807) is 36.4 Å². The lowest BCUT2D eigenvalue weighted by molar-refractivity contribution is -0.139. The van der Waals surface area contributed by atoms with E-state index in [0.717, 1.165) is 5.56 Å². The fraction of sp³-hybridized carbons (Fsp3) is 0.179. The van der Waals surface area contributed by atoms with Crippen LogP contribution in [0.25, 0.3) is 11.5 Å². The van der Waals surface area contributed by atoms with Gasteiger partial charge in [-0.1, -0.05) is 18.2 Å². The highest BCUT2D eigenvalue weighted by atomic mass is 16.5. The van der Waals surface area contributed by atoms with Crippen molar-refractivity contribution in [3.05, 3.63) is 95.4 Å². The minimum atomic E-state index is -1.14. The number of oxazole rings is 1. The first-order valence-corrected chi connectivity index (χ1v) is 11.4. The monoisotopic (exact) mass is 487 g/mol. The van der Waals surface area contributed by atoms with Gasteiger partial charge in [-0.05, 0) is 62.4 Å². The van der Waals surface area contributed by atoms with Crippen LogP contribution in [0, 0.1) is 6.92 Å². The number of ketones is 1. The fourth-order valence-electron chi connectivity index (χ4n) is 3.48. The van der Waals surface area contributed by atoms with Gasteiger partial charge in [0.1, 0.15) is 35.3 Å². The summed E-state index contributed by atoms with van der Waals surface area (Å²) >= 11 is 0. The number of aromatic nitrogens is 1. The molecular weight excluding hydrogens is 462 g/mol. The predicted octanol–water partition coefficient (Wildman–Crippen LogP) is 5.32. The maximum Gasteiger partial charge on any atom is 0.341 e. The number of carboxylic acid groups (broad SMARTS) is 1. The number of hydrogen-bond acceptors (Lipinski definition) is 7. The Kier molecular flexibility index (Phi) is 7.65. The number of hydrogen-bond donors (Lipinski definition) is 1. The van der Waals surface area contributed by atoms with E-state index in [0.29, 0.717) is 41.0 Å². The summed E-state index contributed by atoms with van der Waals surface area (Å²) in [7, 11) is 0. The van der Waals surface area contributed by atoms with Gasteiger partial charge in [0.15, 0.2) is 12.4 Å². The third-order valence-corrected chi connectivity index (χ3v) is 5.27. The Morgan fingerprint density at radius 1 is 0.917 bits per heavy atom. The van der Waals surface area contributed by atoms with Crippen molar-refractivity contribution in [2.75, 3.05) is 13.2 Å². The second-order valence-electron chi connectivity index (χ2n) is 7.80. The molecule has 0 spiro atoms. The molecular formula is C28H25NO7. The van der Waals surface area contributed by atoms with Crippen LogP contribution in [-0.4, -0.2) is 35.1 Å². The number of ether oxygens (including phenoxy) is 3. The first-order valence-electron chi connectivity index (χ1n) is 11.4. The number of carbonyl (C=O) groups excluding carboxylic acids is 1. The van der Waals surface area contributed by atoms with Gasteiger partial charge in [-0.3, -0.25) is 4.79 Å². The molecule has 3 aromatic carbocycles. The van der Waals surface area contributed by atoms with E-state index in [9.17, 15) is 9.59 Å². The lowest BCUT2D eigenvalue weighted by atomic mass is 10.0. The molecule has 0 saturated carbocycles. The Balaban J connectivity index is 1.46. The SMILES string of the molecule is CCOc1ccc(C(=O)c2ccc(OCc3nc(-c4ccccc4)oc3C)cc2)c(OCC(=O)O)c1. The first kappa shape index (κ1) is 24.5. The third-order valence-electron chi connectivity index (χ3n) is 5.27. The average Bonchev–Trinajstić information content (AvgIpc) is 3.27. The van der Waals surface area contributed by atoms with E-state index in [1.165, 1.54) is 6.07 Å². The highest BCUT2D eigenvalue weighted by Gasteiger charge is 2.18. The van der Waals surface area contributed by atoms with Crippen LogP contribution in [0.4, 0.5) is 0 Å². The van der Waals surface area contributed by atoms with Crippen LogP contribution in [-0.2, 0) is 11.4 Å². The Bertz CT molecular complexity index is 1340. The van der Waals surface area contributed by atoms with Crippen molar-refractivity contribution in [3.63, 3.8) is 0 Å². The van der Waals surface area contributed by atoms with Gasteiger partial charge in [0.25, 0.3) is 0 Å². The van der Waals surface area contributed by atoms with E-state index < -0.39 is 12.6 Å². The fourth-order valence-corrected chi connectivity index (χ4v) is 3.48. The smallest absolute Gasteiger partial charge is 0.341 e. The van der Waals surface area contributed by atoms with Crippen molar-refractivity contribution in [1.29, 1.82) is 0 Å². The molecule has 184 valence electrons. The molecule has 8 heteroatoms. The van der Waals surface area contributed by atoms with Crippen molar-refractivity contribution in [2.45, 2.75) is 20.5 Å². The molecule has 0 amide bonds. The second kappa shape index (κ2) is 11.2. The van der Waals surface area contributed by atoms with Gasteiger partial charge in [-0.2, -0.15) is 0 Å². The normalized spacial score (nSPS) is 10.6. The van der Waals surface area contributed by atoms with Crippen molar-refractivity contribution in [2.24, 2.45) is 0 Å². The number of benzene rings is 3. The Morgan fingerprint density at radius 2 is 1.64 bits per heavy atom. The van der Waals surface area contributed by atoms with Crippen LogP contribution in [0.1, 0.15) is 34.3 Å². The van der Waals surface area contributed by atoms with Gasteiger partial charge < -0.3 is 23.7 Å². The lowest BCUT2D eigenvalue weighted by Crippen LogP contribution is -2.12. The second-order valence-corrected chi connectivity index (χ2v) is 7.80. The summed E-state index contributed by atoms with van der Waals surface area (Å²) in [4.78, 5) is 28.6. The molecule has 1 N–H and O–H groups in total. The standard InChI is InChI=1S/C28H25NO7/c1-3-33-22-13-14-23(25(15-22)35-17-26(30)31)27(32)19-9-11-21(12-10-19)34-16-24-18(2)36-28(29-24)20-7-5-4-6-8-20/h4-15H,3,16-17H2,1-2H3,(H,30,31). The highest BCUT2D eigenvalue weighted by Crippen LogP contribution is 2.28. The number of aryl methyl sites for hydroxylation is 1. The zero-order valence-electron chi connectivity index (χ0n) is 19.9. The molecule has 0 aliphatic carbocycles. The van der Waals surface area contributed by atoms with E-state index in [2.05, 4.69) is 4.98 Å². The van der Waals surface area contributed by atoms with E-state index in [-0.39, 0.29) is 23.7 Å². The number of nitrogens with zero attached hydrogens (tertiary/aromatic N) is 1. The van der Waals surface area contributed by atoms with Gasteiger partial charge in [0, 0.05) is 17.2 Å². The zero-order chi connectivity index (χ0) is 25.5. The molecule has 0 unspecified atom stereocenters. The average molecular weight is 488 g/mol. The zero-order valence-corrected chi connectivity index (χ0v) is 19.9. The van der Waals surface area contributed by atoms with Crippen LogP contribution < -0.4 is 14.2 Å². The summed E-state index contributed by atoms with van der Waals surface area (Å²) in [5.41, 5.74) is 2.20. The van der Waals surface area contributed by atoms with Crippen LogP contribution in [0.2, 0.25) is 0 Å². The molecule has 0 fully saturated rings. The van der Waals surface area contributed by atoms with Gasteiger partial charge in [-0.15, -0.1) is 0 Å². The minimum absolute atomic E-state index is 0.143. The molecule has 8 nitrogen and oxygen atoms in total. The topological polar surface area (TPSA) is 108 Å². The predicted molar refractivity (Wildman–Crippen MR) is 132 cm³/mol. The van der Waals surface area contributed by atoms with Crippen molar-refractivity contribution < 1.29 is 33.3 Å². The van der Waals surface area contributed by atoms with Gasteiger partial charge in [0.2, 0.25) is 5.89 Å². The quantitative estimate of drug-likeness (QED) is 0.283. The van der Waals surface area contributed by atoms with Crippen molar-refractivity contribution in [3.8, 4) is 28.7 Å². The van der Waals surface area contributed by atoms with Crippen LogP contribution in [0.5, 0.6) is 17.2 Å². The molecule has 1 heterocycles. The summed E-state index contributed by atoms with van der Waals surface area (Å²) in [5, 5.41) is 8.97. The lowest BCUT2D eigenvalue weighted by Gasteiger charge is -2.12. The van der Waals surface area contributed by atoms with Crippen molar-refractivity contribution in [1.82, 2.24) is 4.98 Å². The summed E-state index contributed by atoms with van der Waals surface area (Å²) in [5.74, 6) is 0.930. The van der Waals surface area contributed by atoms with Crippen LogP contribution >= 0.6 is 0 Å². The molecule has 0 aliphatic heterocycles. The number of aliphatic carboxylic acids is 1. The number of carbonyl (C=O) groups is 2. The number of rotatable bonds is 11. The minimum Gasteiger partial charge on any atom is -0.494 e. The molecule has 0 radical (unpaired) electrons. The largest absolute Gasteiger partial charge is 0.494 e. The summed E-state index contributed by atoms with van der Waals surface area (Å²) in [6, 6.07) is 21.0. The molecule has 0 bridgehead atoms. The van der Waals surface area contributed by atoms with E-state index >= 15 is 0 Å². The maximum absolute atomic E-state index is 13.1. The Morgan fingerprint density at radius 3 is 2.33 bits per heavy atom. The van der Waals surface area contributed by atoms with Gasteiger partial charge >= 0.3 is 5.97 Å². The molecule has 0 aliphatic rings. The maximum atomic E-state index is 13.1. The van der Waals surface area contributed by atoms with Gasteiger partial charge in [0.05, 0.1) is 12.2 Å². The Labute approximate surface area is 208 Å². The molecule has 0 atom stereocenters. The molecule has 36 heavy (non-hydrogen) atoms. The molecule has 4 rings (SSSR count). The van der Waals surface area contributed by atoms with Gasteiger partial charge in [-0.25, -0.2) is 9.78 Å². The van der Waals surface area contributed by atoms with Crippen LogP contribution in [0.3, 0.4) is 0 Å². The van der Waals surface area contributed by atoms with Crippen molar-refractivity contribution >= 4 is 11.8 Å². The Hall–Kier alpha value is -4.59. The molecule has 1 aromatic heterocycles. The molecule has 0 saturated heterocycles. The van der Waals surface area contributed by atoms with E-state index in [1.807, 2.05) is 44.2 Å². The number of carboxylic acids is 1. The first-order chi connectivity index (χ1) is 17.4. The van der Waals surface area contributed by atoms with Crippen LogP contribution in [0.15, 0.2) is 77.2 Å². The third kappa shape index (κ3) is 5.90. The molecule has 4 aromatic rings. The summed E-state index contributed by atoms with van der Waals surface area (Å²) in [6.07, 6.45) is 0. The summed E-state index contributed by atoms with van der Waals surface area (Å²) in [6.45, 7) is 3.72. The summed E-state index contributed by atoms with van der Waals surface area (Å²) < 4.78 is 22.4. The van der Waals surface area contributed by atoms with E-state index in [4.69, 9.17) is 23.7 Å².